The topological polar surface area (TPSA) is 171 Å². The zero-order valence-electron chi connectivity index (χ0n) is 20.0. The Morgan fingerprint density at radius 1 is 0.889 bits per heavy atom. The van der Waals surface area contributed by atoms with Crippen molar-refractivity contribution in [1.82, 2.24) is 14.9 Å². The van der Waals surface area contributed by atoms with Gasteiger partial charge in [-0.25, -0.2) is 4.68 Å². The molecule has 5 atom stereocenters. The molecular weight excluding hydrogens is 496 g/mol. The number of hydrogen-bond donors (Lipinski definition) is 1. The summed E-state index contributed by atoms with van der Waals surface area (Å²) in [5.74, 6) is 3.84. The van der Waals surface area contributed by atoms with Crippen molar-refractivity contribution in [3.63, 3.8) is 0 Å². The number of thioether (sulfide) groups is 1. The van der Waals surface area contributed by atoms with Gasteiger partial charge < -0.3 is 29.5 Å². The molecule has 2 heterocycles. The monoisotopic (exact) mass is 522 g/mol. The number of nitrogen functional groups attached to an aromatic ring is 1. The standard InChI is InChI=1S/C22H26N4O9S/c1-11(27)31-10-16-17(32-12(2)28)18(33-13(3)29)19(34-14(4)30)21(35-16)36-22-25-24-20(26(22)23)15-8-6-5-7-9-15/h5-9,16-19,21H,10,23H2,1-4H3/t16-,17+,18-,19-,21-/m1/s1. The van der Waals surface area contributed by atoms with Crippen LogP contribution in [0.15, 0.2) is 35.5 Å². The third-order valence-corrected chi connectivity index (χ3v) is 5.97. The zero-order chi connectivity index (χ0) is 26.4. The fraction of sp³-hybridized carbons (Fsp3) is 0.455. The molecule has 0 spiro atoms. The summed E-state index contributed by atoms with van der Waals surface area (Å²) < 4.78 is 28.6. The van der Waals surface area contributed by atoms with Gasteiger partial charge in [0.2, 0.25) is 5.16 Å². The van der Waals surface area contributed by atoms with Gasteiger partial charge in [-0.3, -0.25) is 19.2 Å². The summed E-state index contributed by atoms with van der Waals surface area (Å²) in [6.07, 6.45) is -4.85. The number of benzene rings is 1. The molecule has 1 aromatic carbocycles. The van der Waals surface area contributed by atoms with Gasteiger partial charge >= 0.3 is 23.9 Å². The number of rotatable bonds is 8. The summed E-state index contributed by atoms with van der Waals surface area (Å²) in [6, 6.07) is 9.08. The van der Waals surface area contributed by atoms with Crippen LogP contribution in [0.4, 0.5) is 0 Å². The number of carbonyl (C=O) groups is 4. The summed E-state index contributed by atoms with van der Waals surface area (Å²) in [4.78, 5) is 47.2. The normalized spacial score (nSPS) is 23.4. The van der Waals surface area contributed by atoms with E-state index in [1.165, 1.54) is 11.6 Å². The SMILES string of the molecule is CC(=O)OC[C@H]1O[C@H](Sc2nnc(-c3ccccc3)n2N)[C@H](OC(C)=O)[C@H](OC(C)=O)[C@H]1OC(C)=O. The minimum absolute atomic E-state index is 0.190. The van der Waals surface area contributed by atoms with Gasteiger partial charge in [0, 0.05) is 33.3 Å². The number of nitrogens with zero attached hydrogens (tertiary/aromatic N) is 3. The number of nitrogens with two attached hydrogens (primary N) is 1. The second-order valence-corrected chi connectivity index (χ2v) is 8.79. The van der Waals surface area contributed by atoms with Gasteiger partial charge in [0.25, 0.3) is 0 Å². The predicted octanol–water partition coefficient (Wildman–Crippen LogP) is 0.834. The summed E-state index contributed by atoms with van der Waals surface area (Å²) in [5.41, 5.74) is -0.360. The summed E-state index contributed by atoms with van der Waals surface area (Å²) in [6.45, 7) is 4.33. The van der Waals surface area contributed by atoms with E-state index in [2.05, 4.69) is 10.2 Å². The largest absolute Gasteiger partial charge is 0.463 e. The summed E-state index contributed by atoms with van der Waals surface area (Å²) in [5, 5.41) is 8.41. The Balaban J connectivity index is 1.99. The van der Waals surface area contributed by atoms with Crippen LogP contribution in [-0.4, -0.2) is 75.2 Å². The van der Waals surface area contributed by atoms with E-state index < -0.39 is 53.7 Å². The first-order valence-corrected chi connectivity index (χ1v) is 11.7. The number of hydrogen-bond acceptors (Lipinski definition) is 13. The Labute approximate surface area is 210 Å². The second-order valence-electron chi connectivity index (χ2n) is 7.73. The maximum atomic E-state index is 12.0. The Morgan fingerprint density at radius 2 is 1.47 bits per heavy atom. The van der Waals surface area contributed by atoms with Crippen LogP contribution in [0, 0.1) is 0 Å². The van der Waals surface area contributed by atoms with Crippen LogP contribution >= 0.6 is 11.8 Å². The molecule has 0 radical (unpaired) electrons. The Morgan fingerprint density at radius 3 is 2.06 bits per heavy atom. The van der Waals surface area contributed by atoms with E-state index >= 15 is 0 Å². The molecule has 194 valence electrons. The lowest BCUT2D eigenvalue weighted by Gasteiger charge is -2.43. The van der Waals surface area contributed by atoms with E-state index in [-0.39, 0.29) is 11.8 Å². The average molecular weight is 523 g/mol. The molecule has 0 bridgehead atoms. The van der Waals surface area contributed by atoms with Crippen LogP contribution in [0.3, 0.4) is 0 Å². The molecule has 36 heavy (non-hydrogen) atoms. The van der Waals surface area contributed by atoms with Gasteiger partial charge in [-0.05, 0) is 11.8 Å². The molecule has 0 amide bonds. The van der Waals surface area contributed by atoms with Crippen molar-refractivity contribution in [3.05, 3.63) is 30.3 Å². The minimum atomic E-state index is -1.29. The lowest BCUT2D eigenvalue weighted by Crippen LogP contribution is -2.61. The molecule has 13 nitrogen and oxygen atoms in total. The molecule has 0 saturated carbocycles. The highest BCUT2D eigenvalue weighted by molar-refractivity contribution is 7.99. The number of carbonyl (C=O) groups excluding carboxylic acids is 4. The van der Waals surface area contributed by atoms with Gasteiger partial charge in [-0.2, -0.15) is 0 Å². The highest BCUT2D eigenvalue weighted by Gasteiger charge is 2.52. The first-order chi connectivity index (χ1) is 17.1. The molecular formula is C22H26N4O9S. The maximum Gasteiger partial charge on any atom is 0.303 e. The van der Waals surface area contributed by atoms with Crippen molar-refractivity contribution < 1.29 is 42.9 Å². The molecule has 2 aromatic rings. The summed E-state index contributed by atoms with van der Waals surface area (Å²) in [7, 11) is 0. The van der Waals surface area contributed by atoms with Gasteiger partial charge in [0.1, 0.15) is 12.7 Å². The maximum absolute atomic E-state index is 12.0. The van der Waals surface area contributed by atoms with E-state index in [0.717, 1.165) is 32.5 Å². The van der Waals surface area contributed by atoms with Gasteiger partial charge in [0.05, 0.1) is 0 Å². The fourth-order valence-electron chi connectivity index (χ4n) is 3.53. The van der Waals surface area contributed by atoms with Gasteiger partial charge in [-0.1, -0.05) is 30.3 Å². The Hall–Kier alpha value is -3.65. The van der Waals surface area contributed by atoms with Crippen molar-refractivity contribution in [1.29, 1.82) is 0 Å². The molecule has 0 aliphatic carbocycles. The molecule has 0 unspecified atom stereocenters. The van der Waals surface area contributed by atoms with E-state index in [0.29, 0.717) is 11.4 Å². The molecule has 1 saturated heterocycles. The lowest BCUT2D eigenvalue weighted by atomic mass is 9.99. The zero-order valence-corrected chi connectivity index (χ0v) is 20.8. The van der Waals surface area contributed by atoms with E-state index in [1.54, 1.807) is 12.1 Å². The van der Waals surface area contributed by atoms with Crippen molar-refractivity contribution in [2.24, 2.45) is 0 Å². The average Bonchev–Trinajstić information content (AvgIpc) is 3.16. The highest BCUT2D eigenvalue weighted by Crippen LogP contribution is 2.37. The van der Waals surface area contributed by atoms with Crippen molar-refractivity contribution in [2.45, 2.75) is 62.7 Å². The second kappa shape index (κ2) is 11.9. The molecule has 1 fully saturated rings. The van der Waals surface area contributed by atoms with E-state index in [9.17, 15) is 19.2 Å². The highest BCUT2D eigenvalue weighted by atomic mass is 32.2. The third-order valence-electron chi connectivity index (χ3n) is 4.87. The van der Waals surface area contributed by atoms with Gasteiger partial charge in [-0.15, -0.1) is 10.2 Å². The van der Waals surface area contributed by atoms with Crippen LogP contribution < -0.4 is 5.84 Å². The summed E-state index contributed by atoms with van der Waals surface area (Å²) >= 11 is 0.939. The van der Waals surface area contributed by atoms with Crippen LogP contribution in [0.25, 0.3) is 11.4 Å². The first-order valence-electron chi connectivity index (χ1n) is 10.8. The molecule has 14 heteroatoms. The van der Waals surface area contributed by atoms with Crippen LogP contribution in [0.1, 0.15) is 27.7 Å². The molecule has 1 aliphatic heterocycles. The molecule has 3 rings (SSSR count). The Kier molecular flexibility index (Phi) is 8.88. The molecule has 1 aliphatic rings. The van der Waals surface area contributed by atoms with Crippen LogP contribution in [-0.2, 0) is 42.9 Å². The number of aromatic nitrogens is 3. The predicted molar refractivity (Wildman–Crippen MR) is 123 cm³/mol. The van der Waals surface area contributed by atoms with Crippen molar-refractivity contribution >= 4 is 35.6 Å². The van der Waals surface area contributed by atoms with Crippen LogP contribution in [0.2, 0.25) is 0 Å². The quantitative estimate of drug-likeness (QED) is 0.294. The third kappa shape index (κ3) is 6.73. The van der Waals surface area contributed by atoms with Crippen LogP contribution in [0.5, 0.6) is 0 Å². The van der Waals surface area contributed by atoms with Crippen molar-refractivity contribution in [2.75, 3.05) is 12.4 Å². The fourth-order valence-corrected chi connectivity index (χ4v) is 4.57. The first kappa shape index (κ1) is 26.9. The minimum Gasteiger partial charge on any atom is -0.463 e. The smallest absolute Gasteiger partial charge is 0.303 e. The number of esters is 4. The molecule has 2 N–H and O–H groups in total. The molecule has 1 aromatic heterocycles. The van der Waals surface area contributed by atoms with E-state index in [4.69, 9.17) is 29.5 Å². The van der Waals surface area contributed by atoms with Crippen molar-refractivity contribution in [3.8, 4) is 11.4 Å². The number of ether oxygens (including phenoxy) is 5. The lowest BCUT2D eigenvalue weighted by molar-refractivity contribution is -0.237. The Bertz CT molecular complexity index is 1110. The van der Waals surface area contributed by atoms with E-state index in [1.807, 2.05) is 18.2 Å². The van der Waals surface area contributed by atoms with Gasteiger partial charge in [0.15, 0.2) is 29.6 Å².